The summed E-state index contributed by atoms with van der Waals surface area (Å²) in [6.45, 7) is 1.03. The van der Waals surface area contributed by atoms with Crippen molar-refractivity contribution in [3.8, 4) is 0 Å². The number of hydrogen-bond donors (Lipinski definition) is 1. The number of hydrogen-bond acceptors (Lipinski definition) is 3. The highest BCUT2D eigenvalue weighted by atomic mass is 15.3. The molecule has 4 heteroatoms. The zero-order valence-electron chi connectivity index (χ0n) is 19.7. The van der Waals surface area contributed by atoms with Crippen molar-refractivity contribution in [3.63, 3.8) is 0 Å². The van der Waals surface area contributed by atoms with Gasteiger partial charge in [-0.3, -0.25) is 0 Å². The highest BCUT2D eigenvalue weighted by molar-refractivity contribution is 5.67. The van der Waals surface area contributed by atoms with Gasteiger partial charge in [0, 0.05) is 18.7 Å². The first-order valence-electron chi connectivity index (χ1n) is 13.5. The van der Waals surface area contributed by atoms with Gasteiger partial charge in [0.25, 0.3) is 0 Å². The summed E-state index contributed by atoms with van der Waals surface area (Å²) >= 11 is 0. The number of nitrogens with zero attached hydrogens (tertiary/aromatic N) is 3. The average molecular weight is 425 g/mol. The van der Waals surface area contributed by atoms with E-state index in [1.54, 1.807) is 0 Å². The Morgan fingerprint density at radius 1 is 0.774 bits per heavy atom. The van der Waals surface area contributed by atoms with Crippen LogP contribution in [0.5, 0.6) is 0 Å². The van der Waals surface area contributed by atoms with E-state index in [2.05, 4.69) is 28.2 Å². The van der Waals surface area contributed by atoms with Crippen LogP contribution in [-0.2, 0) is 0 Å². The van der Waals surface area contributed by atoms with E-state index in [0.717, 1.165) is 29.6 Å². The second-order valence-electron chi connectivity index (χ2n) is 10.2. The van der Waals surface area contributed by atoms with Gasteiger partial charge in [-0.15, -0.1) is 0 Å². The SMILES string of the molecule is c1cc2c(NCCC3CCCCCCCC3)nc(C3CCCCCCCCC3)nn2c1. The lowest BCUT2D eigenvalue weighted by Crippen LogP contribution is -2.15. The zero-order chi connectivity index (χ0) is 21.1. The largest absolute Gasteiger partial charge is 0.368 e. The standard InChI is InChI=1S/C27H44N4/c1-2-8-12-17-24(18-13-9-3-1)26-29-27(25-19-14-22-31(25)30-26)28-21-20-23-15-10-6-4-5-7-11-16-23/h14,19,22-24H,1-13,15-18,20-21H2,(H,28,29,30). The van der Waals surface area contributed by atoms with E-state index in [-0.39, 0.29) is 0 Å². The molecule has 1 N–H and O–H groups in total. The molecule has 0 aliphatic heterocycles. The second kappa shape index (κ2) is 12.5. The monoisotopic (exact) mass is 424 g/mol. The molecule has 2 saturated carbocycles. The molecular weight excluding hydrogens is 380 g/mol. The summed E-state index contributed by atoms with van der Waals surface area (Å²) in [7, 11) is 0. The fourth-order valence-electron chi connectivity index (χ4n) is 5.72. The number of nitrogens with one attached hydrogen (secondary N) is 1. The van der Waals surface area contributed by atoms with Crippen LogP contribution in [0.2, 0.25) is 0 Å². The van der Waals surface area contributed by atoms with E-state index < -0.39 is 0 Å². The van der Waals surface area contributed by atoms with Gasteiger partial charge >= 0.3 is 0 Å². The predicted molar refractivity (Wildman–Crippen MR) is 131 cm³/mol. The van der Waals surface area contributed by atoms with Crippen molar-refractivity contribution in [2.24, 2.45) is 5.92 Å². The van der Waals surface area contributed by atoms with Crippen LogP contribution in [0.4, 0.5) is 5.82 Å². The van der Waals surface area contributed by atoms with Gasteiger partial charge < -0.3 is 5.32 Å². The summed E-state index contributed by atoms with van der Waals surface area (Å²) in [5.41, 5.74) is 1.12. The summed E-state index contributed by atoms with van der Waals surface area (Å²) < 4.78 is 2.06. The first-order valence-corrected chi connectivity index (χ1v) is 13.5. The lowest BCUT2D eigenvalue weighted by atomic mass is 9.91. The van der Waals surface area contributed by atoms with Crippen LogP contribution < -0.4 is 5.32 Å². The number of rotatable bonds is 5. The van der Waals surface area contributed by atoms with Crippen LogP contribution in [0.15, 0.2) is 18.3 Å². The topological polar surface area (TPSA) is 42.2 Å². The van der Waals surface area contributed by atoms with Crippen molar-refractivity contribution in [2.75, 3.05) is 11.9 Å². The first kappa shape index (κ1) is 22.6. The van der Waals surface area contributed by atoms with Crippen LogP contribution in [0, 0.1) is 5.92 Å². The molecule has 0 bridgehead atoms. The Kier molecular flexibility index (Phi) is 9.08. The Hall–Kier alpha value is -1.58. The molecule has 0 unspecified atom stereocenters. The third kappa shape index (κ3) is 6.95. The minimum absolute atomic E-state index is 0.514. The van der Waals surface area contributed by atoms with Gasteiger partial charge in [-0.2, -0.15) is 5.10 Å². The van der Waals surface area contributed by atoms with E-state index in [0.29, 0.717) is 5.92 Å². The van der Waals surface area contributed by atoms with Crippen LogP contribution in [0.3, 0.4) is 0 Å². The lowest BCUT2D eigenvalue weighted by molar-refractivity contribution is 0.409. The Bertz CT molecular complexity index is 748. The van der Waals surface area contributed by atoms with Crippen molar-refractivity contribution in [1.82, 2.24) is 14.6 Å². The van der Waals surface area contributed by atoms with E-state index in [1.165, 1.54) is 116 Å². The molecule has 0 radical (unpaired) electrons. The fourth-order valence-corrected chi connectivity index (χ4v) is 5.72. The third-order valence-corrected chi connectivity index (χ3v) is 7.70. The van der Waals surface area contributed by atoms with Crippen molar-refractivity contribution in [1.29, 1.82) is 0 Å². The molecule has 2 aromatic rings. The van der Waals surface area contributed by atoms with Gasteiger partial charge in [0.05, 0.1) is 0 Å². The predicted octanol–water partition coefficient (Wildman–Crippen LogP) is 7.89. The van der Waals surface area contributed by atoms with Gasteiger partial charge in [-0.25, -0.2) is 9.50 Å². The molecule has 0 atom stereocenters. The van der Waals surface area contributed by atoms with Crippen LogP contribution in [0.1, 0.15) is 127 Å². The lowest BCUT2D eigenvalue weighted by Gasteiger charge is -2.19. The first-order chi connectivity index (χ1) is 15.4. The molecule has 172 valence electrons. The van der Waals surface area contributed by atoms with E-state index in [4.69, 9.17) is 10.1 Å². The van der Waals surface area contributed by atoms with Gasteiger partial charge in [0.1, 0.15) is 5.52 Å². The minimum Gasteiger partial charge on any atom is -0.368 e. The molecule has 0 saturated heterocycles. The maximum absolute atomic E-state index is 5.11. The Balaban J connectivity index is 1.41. The normalized spacial score (nSPS) is 21.3. The second-order valence-corrected chi connectivity index (χ2v) is 10.2. The molecular formula is C27H44N4. The smallest absolute Gasteiger partial charge is 0.154 e. The van der Waals surface area contributed by atoms with Crippen molar-refractivity contribution >= 4 is 11.3 Å². The van der Waals surface area contributed by atoms with Gasteiger partial charge in [0.15, 0.2) is 11.6 Å². The highest BCUT2D eigenvalue weighted by Crippen LogP contribution is 2.30. The minimum atomic E-state index is 0.514. The van der Waals surface area contributed by atoms with Crippen LogP contribution in [-0.4, -0.2) is 21.1 Å². The van der Waals surface area contributed by atoms with Gasteiger partial charge in [-0.05, 0) is 37.3 Å². The molecule has 0 amide bonds. The summed E-state index contributed by atoms with van der Waals surface area (Å²) in [4.78, 5) is 5.11. The molecule has 2 fully saturated rings. The van der Waals surface area contributed by atoms with E-state index in [1.807, 2.05) is 0 Å². The third-order valence-electron chi connectivity index (χ3n) is 7.70. The Morgan fingerprint density at radius 2 is 1.35 bits per heavy atom. The van der Waals surface area contributed by atoms with E-state index >= 15 is 0 Å². The van der Waals surface area contributed by atoms with Crippen molar-refractivity contribution < 1.29 is 0 Å². The van der Waals surface area contributed by atoms with Crippen LogP contribution in [0.25, 0.3) is 5.52 Å². The molecule has 0 spiro atoms. The molecule has 0 aromatic carbocycles. The maximum Gasteiger partial charge on any atom is 0.154 e. The fraction of sp³-hybridized carbons (Fsp3) is 0.778. The average Bonchev–Trinajstić information content (AvgIpc) is 3.31. The summed E-state index contributed by atoms with van der Waals surface area (Å²) in [6.07, 6.45) is 26.9. The van der Waals surface area contributed by atoms with Crippen LogP contribution >= 0.6 is 0 Å². The van der Waals surface area contributed by atoms with E-state index in [9.17, 15) is 0 Å². The number of aromatic nitrogens is 3. The maximum atomic E-state index is 5.11. The summed E-state index contributed by atoms with van der Waals surface area (Å²) in [5.74, 6) is 3.51. The molecule has 4 rings (SSSR count). The molecule has 31 heavy (non-hydrogen) atoms. The molecule has 2 heterocycles. The van der Waals surface area contributed by atoms with Crippen molar-refractivity contribution in [2.45, 2.75) is 121 Å². The molecule has 2 aliphatic rings. The molecule has 4 nitrogen and oxygen atoms in total. The van der Waals surface area contributed by atoms with Crippen molar-refractivity contribution in [3.05, 3.63) is 24.2 Å². The Labute approximate surface area is 189 Å². The molecule has 2 aromatic heterocycles. The highest BCUT2D eigenvalue weighted by Gasteiger charge is 2.19. The quantitative estimate of drug-likeness (QED) is 0.530. The molecule has 2 aliphatic carbocycles. The van der Waals surface area contributed by atoms with Gasteiger partial charge in [-0.1, -0.05) is 96.3 Å². The number of fused-ring (bicyclic) bond motifs is 1. The summed E-state index contributed by atoms with van der Waals surface area (Å²) in [5, 5.41) is 8.67. The zero-order valence-corrected chi connectivity index (χ0v) is 19.7. The summed E-state index contributed by atoms with van der Waals surface area (Å²) in [6, 6.07) is 4.25. The van der Waals surface area contributed by atoms with Gasteiger partial charge in [0.2, 0.25) is 0 Å². The number of anilines is 1. The Morgan fingerprint density at radius 3 is 2.00 bits per heavy atom.